The number of aromatic nitrogens is 3. The summed E-state index contributed by atoms with van der Waals surface area (Å²) in [6, 6.07) is 11.3. The molecule has 6 heteroatoms. The normalized spacial score (nSPS) is 12.1. The van der Waals surface area contributed by atoms with Gasteiger partial charge in [0.15, 0.2) is 0 Å². The highest BCUT2D eigenvalue weighted by Crippen LogP contribution is 2.24. The van der Waals surface area contributed by atoms with E-state index in [2.05, 4.69) is 15.4 Å². The SMILES string of the molecule is Cc1cc(C(=O)NC(c2ccccc2)c2nccs2)nn1C. The average molecular weight is 312 g/mol. The highest BCUT2D eigenvalue weighted by Gasteiger charge is 2.21. The third kappa shape index (κ3) is 2.92. The summed E-state index contributed by atoms with van der Waals surface area (Å²) in [4.78, 5) is 16.8. The van der Waals surface area contributed by atoms with Gasteiger partial charge in [-0.1, -0.05) is 30.3 Å². The minimum Gasteiger partial charge on any atom is -0.337 e. The van der Waals surface area contributed by atoms with E-state index in [0.29, 0.717) is 5.69 Å². The van der Waals surface area contributed by atoms with Crippen molar-refractivity contribution < 1.29 is 4.79 Å². The van der Waals surface area contributed by atoms with Crippen molar-refractivity contribution in [2.45, 2.75) is 13.0 Å². The van der Waals surface area contributed by atoms with Crippen molar-refractivity contribution in [2.24, 2.45) is 7.05 Å². The number of benzene rings is 1. The summed E-state index contributed by atoms with van der Waals surface area (Å²) in [6.45, 7) is 1.92. The van der Waals surface area contributed by atoms with Crippen LogP contribution >= 0.6 is 11.3 Å². The predicted octanol–water partition coefficient (Wildman–Crippen LogP) is 2.70. The van der Waals surface area contributed by atoms with Crippen molar-refractivity contribution in [3.63, 3.8) is 0 Å². The summed E-state index contributed by atoms with van der Waals surface area (Å²) < 4.78 is 1.69. The quantitative estimate of drug-likeness (QED) is 0.806. The van der Waals surface area contributed by atoms with Gasteiger partial charge in [-0.25, -0.2) is 4.98 Å². The Bertz CT molecular complexity index is 745. The van der Waals surface area contributed by atoms with Gasteiger partial charge in [0.25, 0.3) is 5.91 Å². The zero-order chi connectivity index (χ0) is 15.5. The molecule has 0 spiro atoms. The van der Waals surface area contributed by atoms with Crippen molar-refractivity contribution in [3.8, 4) is 0 Å². The van der Waals surface area contributed by atoms with Crippen LogP contribution in [0.3, 0.4) is 0 Å². The predicted molar refractivity (Wildman–Crippen MR) is 85.8 cm³/mol. The molecule has 0 radical (unpaired) electrons. The van der Waals surface area contributed by atoms with Crippen LogP contribution in [-0.2, 0) is 7.05 Å². The molecule has 0 fully saturated rings. The summed E-state index contributed by atoms with van der Waals surface area (Å²) in [5, 5.41) is 10.0. The van der Waals surface area contributed by atoms with E-state index < -0.39 is 0 Å². The number of rotatable bonds is 4. The van der Waals surface area contributed by atoms with Crippen LogP contribution in [0.4, 0.5) is 0 Å². The van der Waals surface area contributed by atoms with Gasteiger partial charge in [0.1, 0.15) is 16.7 Å². The van der Waals surface area contributed by atoms with Crippen molar-refractivity contribution in [2.75, 3.05) is 0 Å². The van der Waals surface area contributed by atoms with Crippen LogP contribution in [0.15, 0.2) is 48.0 Å². The highest BCUT2D eigenvalue weighted by atomic mass is 32.1. The van der Waals surface area contributed by atoms with Crippen molar-refractivity contribution in [1.82, 2.24) is 20.1 Å². The molecule has 0 aliphatic carbocycles. The lowest BCUT2D eigenvalue weighted by molar-refractivity contribution is 0.0937. The minimum atomic E-state index is -0.268. The molecule has 0 saturated heterocycles. The van der Waals surface area contributed by atoms with Gasteiger partial charge in [0.2, 0.25) is 0 Å². The van der Waals surface area contributed by atoms with Gasteiger partial charge in [-0.15, -0.1) is 11.3 Å². The van der Waals surface area contributed by atoms with E-state index in [1.165, 1.54) is 11.3 Å². The van der Waals surface area contributed by atoms with E-state index in [1.807, 2.05) is 49.7 Å². The van der Waals surface area contributed by atoms with Crippen molar-refractivity contribution in [1.29, 1.82) is 0 Å². The molecule has 112 valence electrons. The molecule has 5 nitrogen and oxygen atoms in total. The molecule has 0 aliphatic heterocycles. The molecule has 1 unspecified atom stereocenters. The number of thiazole rings is 1. The maximum Gasteiger partial charge on any atom is 0.272 e. The van der Waals surface area contributed by atoms with E-state index in [1.54, 1.807) is 16.9 Å². The smallest absolute Gasteiger partial charge is 0.272 e. The van der Waals surface area contributed by atoms with Gasteiger partial charge in [0.05, 0.1) is 0 Å². The lowest BCUT2D eigenvalue weighted by Gasteiger charge is -2.16. The first-order chi connectivity index (χ1) is 10.6. The number of carbonyl (C=O) groups is 1. The second-order valence-electron chi connectivity index (χ2n) is 4.98. The first-order valence-electron chi connectivity index (χ1n) is 6.91. The third-order valence-corrected chi connectivity index (χ3v) is 4.29. The molecule has 1 amide bonds. The average Bonchev–Trinajstić information content (AvgIpc) is 3.16. The van der Waals surface area contributed by atoms with Crippen LogP contribution in [0.5, 0.6) is 0 Å². The number of carbonyl (C=O) groups excluding carboxylic acids is 1. The number of amides is 1. The van der Waals surface area contributed by atoms with Crippen molar-refractivity contribution >= 4 is 17.2 Å². The van der Waals surface area contributed by atoms with Gasteiger partial charge in [-0.3, -0.25) is 9.48 Å². The monoisotopic (exact) mass is 312 g/mol. The Labute approximate surface area is 132 Å². The number of hydrogen-bond donors (Lipinski definition) is 1. The fourth-order valence-electron chi connectivity index (χ4n) is 2.19. The van der Waals surface area contributed by atoms with Crippen LogP contribution in [0.2, 0.25) is 0 Å². The molecule has 1 N–H and O–H groups in total. The molecular formula is C16H16N4OS. The number of hydrogen-bond acceptors (Lipinski definition) is 4. The van der Waals surface area contributed by atoms with E-state index in [9.17, 15) is 4.79 Å². The van der Waals surface area contributed by atoms with Gasteiger partial charge in [0, 0.05) is 24.3 Å². The molecule has 0 saturated carbocycles. The number of aryl methyl sites for hydroxylation is 2. The van der Waals surface area contributed by atoms with Gasteiger partial charge < -0.3 is 5.32 Å². The van der Waals surface area contributed by atoms with Crippen molar-refractivity contribution in [3.05, 3.63) is 69.9 Å². The van der Waals surface area contributed by atoms with Crippen LogP contribution in [0.25, 0.3) is 0 Å². The largest absolute Gasteiger partial charge is 0.337 e. The van der Waals surface area contributed by atoms with E-state index in [0.717, 1.165) is 16.3 Å². The van der Waals surface area contributed by atoms with Crippen LogP contribution in [0.1, 0.15) is 32.8 Å². The Morgan fingerprint density at radius 2 is 2.09 bits per heavy atom. The molecule has 3 rings (SSSR count). The standard InChI is InChI=1S/C16H16N4OS/c1-11-10-13(19-20(11)2)15(21)18-14(16-17-8-9-22-16)12-6-4-3-5-7-12/h3-10,14H,1-2H3,(H,18,21). The molecule has 3 aromatic rings. The van der Waals surface area contributed by atoms with E-state index in [4.69, 9.17) is 0 Å². The minimum absolute atomic E-state index is 0.201. The Morgan fingerprint density at radius 3 is 2.68 bits per heavy atom. The molecule has 0 aliphatic rings. The molecule has 22 heavy (non-hydrogen) atoms. The zero-order valence-electron chi connectivity index (χ0n) is 12.4. The topological polar surface area (TPSA) is 59.8 Å². The van der Waals surface area contributed by atoms with Gasteiger partial charge in [-0.2, -0.15) is 5.10 Å². The molecule has 1 aromatic carbocycles. The molecule has 2 aromatic heterocycles. The summed E-state index contributed by atoms with van der Waals surface area (Å²) in [5.41, 5.74) is 2.35. The van der Waals surface area contributed by atoms with Gasteiger partial charge in [-0.05, 0) is 18.6 Å². The maximum atomic E-state index is 12.5. The fraction of sp³-hybridized carbons (Fsp3) is 0.188. The summed E-state index contributed by atoms with van der Waals surface area (Å²) >= 11 is 1.52. The van der Waals surface area contributed by atoms with Crippen LogP contribution in [0, 0.1) is 6.92 Å². The van der Waals surface area contributed by atoms with E-state index in [-0.39, 0.29) is 11.9 Å². The second kappa shape index (κ2) is 6.11. The molecule has 0 bridgehead atoms. The first-order valence-corrected chi connectivity index (χ1v) is 7.79. The third-order valence-electron chi connectivity index (χ3n) is 3.45. The number of nitrogens with one attached hydrogen (secondary N) is 1. The lowest BCUT2D eigenvalue weighted by Crippen LogP contribution is -2.29. The van der Waals surface area contributed by atoms with Crippen LogP contribution in [-0.4, -0.2) is 20.7 Å². The number of nitrogens with zero attached hydrogens (tertiary/aromatic N) is 3. The van der Waals surface area contributed by atoms with Gasteiger partial charge >= 0.3 is 0 Å². The zero-order valence-corrected chi connectivity index (χ0v) is 13.2. The summed E-state index contributed by atoms with van der Waals surface area (Å²) in [5.74, 6) is -0.201. The summed E-state index contributed by atoms with van der Waals surface area (Å²) in [7, 11) is 1.82. The lowest BCUT2D eigenvalue weighted by atomic mass is 10.1. The Morgan fingerprint density at radius 1 is 1.32 bits per heavy atom. The summed E-state index contributed by atoms with van der Waals surface area (Å²) in [6.07, 6.45) is 1.74. The Balaban J connectivity index is 1.89. The Hall–Kier alpha value is -2.47. The molecule has 1 atom stereocenters. The maximum absolute atomic E-state index is 12.5. The van der Waals surface area contributed by atoms with Crippen LogP contribution < -0.4 is 5.32 Å². The molecular weight excluding hydrogens is 296 g/mol. The Kier molecular flexibility index (Phi) is 4.02. The second-order valence-corrected chi connectivity index (χ2v) is 5.91. The fourth-order valence-corrected chi connectivity index (χ4v) is 2.90. The molecule has 2 heterocycles. The first kappa shape index (κ1) is 14.5. The highest BCUT2D eigenvalue weighted by molar-refractivity contribution is 7.09. The van der Waals surface area contributed by atoms with E-state index >= 15 is 0 Å².